The van der Waals surface area contributed by atoms with Gasteiger partial charge in [-0.15, -0.1) is 0 Å². The third kappa shape index (κ3) is 6.77. The van der Waals surface area contributed by atoms with Crippen molar-refractivity contribution in [2.45, 2.75) is 52.9 Å². The van der Waals surface area contributed by atoms with Crippen molar-refractivity contribution < 1.29 is 18.8 Å². The third-order valence-electron chi connectivity index (χ3n) is 5.24. The number of esters is 1. The van der Waals surface area contributed by atoms with Gasteiger partial charge in [-0.05, 0) is 49.1 Å². The van der Waals surface area contributed by atoms with Gasteiger partial charge in [0.05, 0.1) is 6.61 Å². The molecule has 1 unspecified atom stereocenters. The number of hydrogen-bond donors (Lipinski definition) is 1. The van der Waals surface area contributed by atoms with E-state index < -0.39 is 5.91 Å². The second kappa shape index (κ2) is 9.89. The maximum atomic E-state index is 12.0. The highest BCUT2D eigenvalue weighted by atomic mass is 16.5. The smallest absolute Gasteiger partial charge is 0.316 e. The summed E-state index contributed by atoms with van der Waals surface area (Å²) in [6.45, 7) is 8.36. The van der Waals surface area contributed by atoms with Crippen LogP contribution in [0.3, 0.4) is 0 Å². The molecule has 1 amide bonds. The van der Waals surface area contributed by atoms with Crippen molar-refractivity contribution >= 4 is 17.7 Å². The summed E-state index contributed by atoms with van der Waals surface area (Å²) in [4.78, 5) is 34.0. The van der Waals surface area contributed by atoms with Crippen molar-refractivity contribution in [3.8, 4) is 11.4 Å². The molecule has 1 fully saturated rings. The van der Waals surface area contributed by atoms with Crippen LogP contribution >= 0.6 is 0 Å². The molecule has 2 N–H and O–H groups in total. The number of anilines is 1. The maximum Gasteiger partial charge on any atom is 0.316 e. The summed E-state index contributed by atoms with van der Waals surface area (Å²) >= 11 is 0. The minimum atomic E-state index is -0.756. The molecule has 0 aromatic carbocycles. The van der Waals surface area contributed by atoms with Gasteiger partial charge in [0.1, 0.15) is 5.82 Å². The Labute approximate surface area is 182 Å². The van der Waals surface area contributed by atoms with Crippen molar-refractivity contribution in [1.29, 1.82) is 0 Å². The van der Waals surface area contributed by atoms with Crippen LogP contribution in [0.1, 0.15) is 63.6 Å². The summed E-state index contributed by atoms with van der Waals surface area (Å²) in [6, 6.07) is 3.66. The van der Waals surface area contributed by atoms with E-state index in [-0.39, 0.29) is 17.3 Å². The lowest BCUT2D eigenvalue weighted by Crippen LogP contribution is -2.25. The van der Waals surface area contributed by atoms with Gasteiger partial charge in [-0.3, -0.25) is 9.59 Å². The fourth-order valence-electron chi connectivity index (χ4n) is 3.55. The molecule has 3 heterocycles. The summed E-state index contributed by atoms with van der Waals surface area (Å²) in [5, 5.41) is 3.82. The molecule has 0 saturated carbocycles. The van der Waals surface area contributed by atoms with Gasteiger partial charge in [-0.2, -0.15) is 4.98 Å². The molecule has 0 spiro atoms. The zero-order valence-corrected chi connectivity index (χ0v) is 18.5. The molecule has 31 heavy (non-hydrogen) atoms. The Kier molecular flexibility index (Phi) is 7.25. The molecule has 1 atom stereocenters. The van der Waals surface area contributed by atoms with Crippen molar-refractivity contribution in [1.82, 2.24) is 15.1 Å². The zero-order valence-electron chi connectivity index (χ0n) is 18.5. The van der Waals surface area contributed by atoms with E-state index in [1.165, 1.54) is 0 Å². The Hall–Kier alpha value is -2.97. The molecule has 9 nitrogen and oxygen atoms in total. The standard InChI is InChI=1S/C22H31N5O4/c1-22(2,3)14-30-18(28)7-6-15-5-4-11-27(12-9-15)17-13-16(8-10-24-17)20-25-21(19(23)29)31-26-20/h8,10,13,15H,4-7,9,11-12,14H2,1-3H3,(H2,23,29). The van der Waals surface area contributed by atoms with E-state index >= 15 is 0 Å². The van der Waals surface area contributed by atoms with E-state index in [0.717, 1.165) is 44.6 Å². The van der Waals surface area contributed by atoms with Crippen LogP contribution in [0.25, 0.3) is 11.4 Å². The largest absolute Gasteiger partial charge is 0.465 e. The predicted molar refractivity (Wildman–Crippen MR) is 115 cm³/mol. The number of amides is 1. The van der Waals surface area contributed by atoms with Gasteiger partial charge >= 0.3 is 17.8 Å². The minimum absolute atomic E-state index is 0.0110. The highest BCUT2D eigenvalue weighted by Gasteiger charge is 2.21. The van der Waals surface area contributed by atoms with Gasteiger partial charge in [0.2, 0.25) is 5.82 Å². The Bertz CT molecular complexity index is 905. The van der Waals surface area contributed by atoms with Gasteiger partial charge in [0.25, 0.3) is 0 Å². The molecule has 168 valence electrons. The SMILES string of the molecule is CC(C)(C)COC(=O)CCC1CCCN(c2cc(-c3noc(C(N)=O)n3)ccn2)CC1. The van der Waals surface area contributed by atoms with Crippen molar-refractivity contribution in [2.24, 2.45) is 17.1 Å². The van der Waals surface area contributed by atoms with E-state index in [1.807, 2.05) is 6.07 Å². The Morgan fingerprint density at radius 3 is 2.81 bits per heavy atom. The lowest BCUT2D eigenvalue weighted by Gasteiger charge is -2.22. The summed E-state index contributed by atoms with van der Waals surface area (Å²) < 4.78 is 10.3. The van der Waals surface area contributed by atoms with E-state index in [0.29, 0.717) is 30.3 Å². The maximum absolute atomic E-state index is 12.0. The van der Waals surface area contributed by atoms with Crippen LogP contribution in [0.15, 0.2) is 22.9 Å². The van der Waals surface area contributed by atoms with E-state index in [1.54, 1.807) is 12.3 Å². The van der Waals surface area contributed by atoms with E-state index in [9.17, 15) is 9.59 Å². The second-order valence-corrected chi connectivity index (χ2v) is 9.23. The molecule has 0 aliphatic carbocycles. The number of ether oxygens (including phenoxy) is 1. The number of carbonyl (C=O) groups is 2. The van der Waals surface area contributed by atoms with Gasteiger partial charge in [-0.25, -0.2) is 4.98 Å². The first-order valence-electron chi connectivity index (χ1n) is 10.7. The summed E-state index contributed by atoms with van der Waals surface area (Å²) in [6.07, 6.45) is 6.11. The fourth-order valence-corrected chi connectivity index (χ4v) is 3.55. The summed E-state index contributed by atoms with van der Waals surface area (Å²) in [5.41, 5.74) is 5.88. The monoisotopic (exact) mass is 429 g/mol. The fraction of sp³-hybridized carbons (Fsp3) is 0.591. The van der Waals surface area contributed by atoms with Crippen LogP contribution in [0.4, 0.5) is 5.82 Å². The van der Waals surface area contributed by atoms with Crippen LogP contribution in [0, 0.1) is 11.3 Å². The Morgan fingerprint density at radius 1 is 1.29 bits per heavy atom. The summed E-state index contributed by atoms with van der Waals surface area (Å²) in [7, 11) is 0. The van der Waals surface area contributed by atoms with Gasteiger partial charge in [0.15, 0.2) is 0 Å². The van der Waals surface area contributed by atoms with Crippen LogP contribution in [0.5, 0.6) is 0 Å². The lowest BCUT2D eigenvalue weighted by atomic mass is 9.95. The van der Waals surface area contributed by atoms with Crippen LogP contribution < -0.4 is 10.6 Å². The number of nitrogens with two attached hydrogens (primary N) is 1. The first-order valence-corrected chi connectivity index (χ1v) is 10.7. The normalized spacial score (nSPS) is 17.3. The molecule has 3 rings (SSSR count). The van der Waals surface area contributed by atoms with Gasteiger partial charge < -0.3 is 19.9 Å². The average molecular weight is 430 g/mol. The number of aromatic nitrogens is 3. The summed E-state index contributed by atoms with van der Waals surface area (Å²) in [5.74, 6) is 0.541. The average Bonchev–Trinajstić information content (AvgIpc) is 3.11. The topological polar surface area (TPSA) is 124 Å². The lowest BCUT2D eigenvalue weighted by molar-refractivity contribution is -0.146. The molecule has 1 aliphatic heterocycles. The molecule has 0 radical (unpaired) electrons. The Balaban J connectivity index is 1.54. The Morgan fingerprint density at radius 2 is 2.10 bits per heavy atom. The molecular formula is C22H31N5O4. The molecule has 2 aromatic heterocycles. The highest BCUT2D eigenvalue weighted by molar-refractivity contribution is 5.88. The number of pyridine rings is 1. The van der Waals surface area contributed by atoms with Crippen molar-refractivity contribution in [2.75, 3.05) is 24.6 Å². The minimum Gasteiger partial charge on any atom is -0.465 e. The number of hydrogen-bond acceptors (Lipinski definition) is 8. The zero-order chi connectivity index (χ0) is 22.4. The highest BCUT2D eigenvalue weighted by Crippen LogP contribution is 2.27. The van der Waals surface area contributed by atoms with Crippen LogP contribution in [0.2, 0.25) is 0 Å². The number of primary amides is 1. The number of carbonyl (C=O) groups excluding carboxylic acids is 2. The molecule has 1 saturated heterocycles. The van der Waals surface area contributed by atoms with Gasteiger partial charge in [0, 0.05) is 31.3 Å². The first kappa shape index (κ1) is 22.7. The molecule has 9 heteroatoms. The molecular weight excluding hydrogens is 398 g/mol. The van der Waals surface area contributed by atoms with Crippen LogP contribution in [-0.4, -0.2) is 46.7 Å². The van der Waals surface area contributed by atoms with Crippen LogP contribution in [-0.2, 0) is 9.53 Å². The van der Waals surface area contributed by atoms with Crippen molar-refractivity contribution in [3.63, 3.8) is 0 Å². The first-order chi connectivity index (χ1) is 14.7. The number of rotatable bonds is 7. The molecule has 2 aromatic rings. The quantitative estimate of drug-likeness (QED) is 0.665. The second-order valence-electron chi connectivity index (χ2n) is 9.23. The molecule has 0 bridgehead atoms. The van der Waals surface area contributed by atoms with Gasteiger partial charge in [-0.1, -0.05) is 25.9 Å². The van der Waals surface area contributed by atoms with E-state index in [2.05, 4.69) is 40.8 Å². The third-order valence-corrected chi connectivity index (χ3v) is 5.24. The number of nitrogens with zero attached hydrogens (tertiary/aromatic N) is 4. The van der Waals surface area contributed by atoms with Crippen molar-refractivity contribution in [3.05, 3.63) is 24.2 Å². The molecule has 1 aliphatic rings. The predicted octanol–water partition coefficient (Wildman–Crippen LogP) is 3.21. The van der Waals surface area contributed by atoms with E-state index in [4.69, 9.17) is 15.0 Å².